The smallest absolute Gasteiger partial charge is 0.185 e. The first-order valence-corrected chi connectivity index (χ1v) is 6.75. The van der Waals surface area contributed by atoms with Crippen molar-refractivity contribution in [3.63, 3.8) is 0 Å². The van der Waals surface area contributed by atoms with Crippen LogP contribution in [0.2, 0.25) is 0 Å². The van der Waals surface area contributed by atoms with Crippen molar-refractivity contribution in [2.75, 3.05) is 6.54 Å². The first kappa shape index (κ1) is 13.2. The maximum absolute atomic E-state index is 12.2. The molecule has 2 rings (SSSR count). The Bertz CT molecular complexity index is 419. The molecule has 0 aromatic heterocycles. The summed E-state index contributed by atoms with van der Waals surface area (Å²) in [5.41, 5.74) is 8.43. The average molecular weight is 247 g/mol. The van der Waals surface area contributed by atoms with Crippen LogP contribution in [0.25, 0.3) is 0 Å². The van der Waals surface area contributed by atoms with Crippen LogP contribution in [-0.2, 0) is 9.59 Å². The van der Waals surface area contributed by atoms with E-state index in [1.54, 1.807) is 13.8 Å². The third-order valence-corrected chi connectivity index (χ3v) is 4.34. The topological polar surface area (TPSA) is 60.2 Å². The SMILES string of the molecule is CC1=C(C)C(=O)C2=C(CCC(CCN)CC2)C1=O. The molecule has 0 heterocycles. The van der Waals surface area contributed by atoms with Crippen molar-refractivity contribution >= 4 is 11.6 Å². The van der Waals surface area contributed by atoms with Gasteiger partial charge in [-0.2, -0.15) is 0 Å². The fourth-order valence-electron chi connectivity index (χ4n) is 2.96. The Morgan fingerprint density at radius 2 is 1.44 bits per heavy atom. The van der Waals surface area contributed by atoms with Gasteiger partial charge in [0.1, 0.15) is 0 Å². The van der Waals surface area contributed by atoms with Crippen molar-refractivity contribution in [2.24, 2.45) is 11.7 Å². The molecule has 98 valence electrons. The lowest BCUT2D eigenvalue weighted by molar-refractivity contribution is -0.116. The minimum Gasteiger partial charge on any atom is -0.330 e. The minimum atomic E-state index is 0.0931. The fourth-order valence-corrected chi connectivity index (χ4v) is 2.96. The number of hydrogen-bond donors (Lipinski definition) is 1. The highest BCUT2D eigenvalue weighted by Crippen LogP contribution is 2.35. The maximum Gasteiger partial charge on any atom is 0.185 e. The van der Waals surface area contributed by atoms with Gasteiger partial charge in [-0.15, -0.1) is 0 Å². The van der Waals surface area contributed by atoms with E-state index < -0.39 is 0 Å². The van der Waals surface area contributed by atoms with Gasteiger partial charge in [0.15, 0.2) is 11.6 Å². The van der Waals surface area contributed by atoms with E-state index in [1.807, 2.05) is 0 Å². The van der Waals surface area contributed by atoms with E-state index >= 15 is 0 Å². The van der Waals surface area contributed by atoms with Gasteiger partial charge in [-0.3, -0.25) is 9.59 Å². The zero-order chi connectivity index (χ0) is 13.3. The molecule has 0 spiro atoms. The standard InChI is InChI=1S/C15H21NO2/c1-9-10(2)15(18)13-6-4-11(7-8-16)3-5-12(13)14(9)17/h11H,3-8,16H2,1-2H3. The lowest BCUT2D eigenvalue weighted by atomic mass is 9.83. The van der Waals surface area contributed by atoms with E-state index in [4.69, 9.17) is 5.73 Å². The molecule has 3 nitrogen and oxygen atoms in total. The molecular formula is C15H21NO2. The van der Waals surface area contributed by atoms with Crippen LogP contribution in [-0.4, -0.2) is 18.1 Å². The zero-order valence-electron chi connectivity index (χ0n) is 11.2. The zero-order valence-corrected chi connectivity index (χ0v) is 11.2. The Balaban J connectivity index is 2.25. The molecular weight excluding hydrogens is 226 g/mol. The van der Waals surface area contributed by atoms with Crippen molar-refractivity contribution in [3.05, 3.63) is 22.3 Å². The quantitative estimate of drug-likeness (QED) is 0.762. The van der Waals surface area contributed by atoms with E-state index in [1.165, 1.54) is 0 Å². The number of Topliss-reactive ketones (excluding diaryl/α,β-unsaturated/α-hetero) is 2. The molecule has 2 N–H and O–H groups in total. The van der Waals surface area contributed by atoms with E-state index in [0.717, 1.165) is 43.3 Å². The summed E-state index contributed by atoms with van der Waals surface area (Å²) < 4.78 is 0. The number of ketones is 2. The number of carbonyl (C=O) groups is 2. The number of carbonyl (C=O) groups excluding carboxylic acids is 2. The number of hydrogen-bond acceptors (Lipinski definition) is 3. The monoisotopic (exact) mass is 247 g/mol. The summed E-state index contributed by atoms with van der Waals surface area (Å²) >= 11 is 0. The summed E-state index contributed by atoms with van der Waals surface area (Å²) in [7, 11) is 0. The first-order chi connectivity index (χ1) is 8.56. The first-order valence-electron chi connectivity index (χ1n) is 6.75. The van der Waals surface area contributed by atoms with Crippen LogP contribution in [0.4, 0.5) is 0 Å². The predicted octanol–water partition coefficient (Wildman–Crippen LogP) is 2.31. The lowest BCUT2D eigenvalue weighted by Gasteiger charge is -2.18. The lowest BCUT2D eigenvalue weighted by Crippen LogP contribution is -2.21. The summed E-state index contributed by atoms with van der Waals surface area (Å²) in [6, 6.07) is 0. The molecule has 0 unspecified atom stereocenters. The number of allylic oxidation sites excluding steroid dienone is 4. The van der Waals surface area contributed by atoms with Crippen LogP contribution in [0.15, 0.2) is 22.3 Å². The molecule has 0 amide bonds. The number of rotatable bonds is 2. The summed E-state index contributed by atoms with van der Waals surface area (Å²) in [5.74, 6) is 0.743. The van der Waals surface area contributed by atoms with Crippen molar-refractivity contribution < 1.29 is 9.59 Å². The van der Waals surface area contributed by atoms with E-state index in [9.17, 15) is 9.59 Å². The Morgan fingerprint density at radius 3 is 1.83 bits per heavy atom. The summed E-state index contributed by atoms with van der Waals surface area (Å²) in [5, 5.41) is 0. The maximum atomic E-state index is 12.2. The second-order valence-electron chi connectivity index (χ2n) is 5.39. The van der Waals surface area contributed by atoms with E-state index in [2.05, 4.69) is 0 Å². The third kappa shape index (κ3) is 2.19. The van der Waals surface area contributed by atoms with Crippen LogP contribution in [0, 0.1) is 5.92 Å². The number of nitrogens with two attached hydrogens (primary N) is 1. The van der Waals surface area contributed by atoms with Crippen LogP contribution < -0.4 is 5.73 Å². The molecule has 2 aliphatic carbocycles. The Hall–Kier alpha value is -1.22. The fraction of sp³-hybridized carbons (Fsp3) is 0.600. The molecule has 0 saturated carbocycles. The molecule has 0 saturated heterocycles. The molecule has 0 bridgehead atoms. The van der Waals surface area contributed by atoms with Gasteiger partial charge in [-0.05, 0) is 58.4 Å². The molecule has 0 aromatic rings. The van der Waals surface area contributed by atoms with Gasteiger partial charge in [0.05, 0.1) is 0 Å². The van der Waals surface area contributed by atoms with E-state index in [0.29, 0.717) is 23.6 Å². The van der Waals surface area contributed by atoms with Crippen molar-refractivity contribution in [3.8, 4) is 0 Å². The Morgan fingerprint density at radius 1 is 1.00 bits per heavy atom. The third-order valence-electron chi connectivity index (χ3n) is 4.34. The predicted molar refractivity (Wildman–Crippen MR) is 71.0 cm³/mol. The van der Waals surface area contributed by atoms with Crippen molar-refractivity contribution in [1.82, 2.24) is 0 Å². The highest BCUT2D eigenvalue weighted by molar-refractivity contribution is 6.24. The van der Waals surface area contributed by atoms with Crippen LogP contribution in [0.1, 0.15) is 46.0 Å². The Kier molecular flexibility index (Phi) is 3.81. The molecule has 2 aliphatic rings. The van der Waals surface area contributed by atoms with Crippen molar-refractivity contribution in [2.45, 2.75) is 46.0 Å². The molecule has 0 radical (unpaired) electrons. The van der Waals surface area contributed by atoms with Crippen LogP contribution in [0.3, 0.4) is 0 Å². The normalized spacial score (nSPS) is 22.4. The molecule has 0 aromatic carbocycles. The molecule has 0 atom stereocenters. The Labute approximate surface area is 108 Å². The van der Waals surface area contributed by atoms with Gasteiger partial charge in [0.25, 0.3) is 0 Å². The summed E-state index contributed by atoms with van der Waals surface area (Å²) in [4.78, 5) is 24.5. The molecule has 0 fully saturated rings. The van der Waals surface area contributed by atoms with E-state index in [-0.39, 0.29) is 11.6 Å². The highest BCUT2D eigenvalue weighted by atomic mass is 16.1. The van der Waals surface area contributed by atoms with Gasteiger partial charge >= 0.3 is 0 Å². The molecule has 0 aliphatic heterocycles. The van der Waals surface area contributed by atoms with Crippen LogP contribution in [0.5, 0.6) is 0 Å². The highest BCUT2D eigenvalue weighted by Gasteiger charge is 2.32. The van der Waals surface area contributed by atoms with Gasteiger partial charge in [0, 0.05) is 22.3 Å². The van der Waals surface area contributed by atoms with Gasteiger partial charge in [-0.25, -0.2) is 0 Å². The van der Waals surface area contributed by atoms with Crippen LogP contribution >= 0.6 is 0 Å². The van der Waals surface area contributed by atoms with Gasteiger partial charge in [0.2, 0.25) is 0 Å². The van der Waals surface area contributed by atoms with Crippen molar-refractivity contribution in [1.29, 1.82) is 0 Å². The average Bonchev–Trinajstić information content (AvgIpc) is 2.57. The minimum absolute atomic E-state index is 0.0931. The van der Waals surface area contributed by atoms with Gasteiger partial charge in [-0.1, -0.05) is 0 Å². The summed E-state index contributed by atoms with van der Waals surface area (Å²) in [6.45, 7) is 4.22. The largest absolute Gasteiger partial charge is 0.330 e. The van der Waals surface area contributed by atoms with Gasteiger partial charge < -0.3 is 5.73 Å². The molecule has 3 heteroatoms. The second-order valence-corrected chi connectivity index (χ2v) is 5.39. The second kappa shape index (κ2) is 5.19. The summed E-state index contributed by atoms with van der Waals surface area (Å²) in [6.07, 6.45) is 4.46. The molecule has 18 heavy (non-hydrogen) atoms.